The van der Waals surface area contributed by atoms with Crippen molar-refractivity contribution in [2.24, 2.45) is 0 Å². The number of carbonyl (C=O) groups excluding carboxylic acids is 1. The van der Waals surface area contributed by atoms with Crippen molar-refractivity contribution in [1.29, 1.82) is 0 Å². The van der Waals surface area contributed by atoms with Crippen molar-refractivity contribution in [3.05, 3.63) is 35.4 Å². The van der Waals surface area contributed by atoms with Crippen LogP contribution >= 0.6 is 0 Å². The molecule has 1 rings (SSSR count). The molecule has 2 N–H and O–H groups in total. The average Bonchev–Trinajstić information content (AvgIpc) is 1.93. The molecule has 0 aliphatic heterocycles. The van der Waals surface area contributed by atoms with Crippen LogP contribution in [-0.4, -0.2) is 11.4 Å². The van der Waals surface area contributed by atoms with E-state index in [0.717, 1.165) is 11.1 Å². The van der Waals surface area contributed by atoms with Gasteiger partial charge < -0.3 is 15.4 Å². The maximum absolute atomic E-state index is 10.2. The molecular formula is C9H11NaO3. The second-order valence-electron chi connectivity index (χ2n) is 2.48. The molecule has 0 aliphatic carbocycles. The summed E-state index contributed by atoms with van der Waals surface area (Å²) in [5.41, 5.74) is 1.82. The van der Waals surface area contributed by atoms with E-state index in [0.29, 0.717) is 0 Å². The summed E-state index contributed by atoms with van der Waals surface area (Å²) in [7, 11) is 0. The van der Waals surface area contributed by atoms with Gasteiger partial charge in [-0.15, -0.1) is 0 Å². The van der Waals surface area contributed by atoms with Crippen molar-refractivity contribution < 1.29 is 44.9 Å². The number of carbonyl (C=O) groups is 1. The summed E-state index contributed by atoms with van der Waals surface area (Å²) < 4.78 is 0. The van der Waals surface area contributed by atoms with Crippen LogP contribution in [0.3, 0.4) is 0 Å². The molecule has 0 radical (unpaired) electrons. The molecule has 13 heavy (non-hydrogen) atoms. The van der Waals surface area contributed by atoms with Crippen molar-refractivity contribution in [2.45, 2.75) is 13.3 Å². The smallest absolute Gasteiger partial charge is 0.550 e. The SMILES string of the molecule is Cc1ccccc1CC(=O)[O-].O.[Na+]. The first-order chi connectivity index (χ1) is 5.20. The third kappa shape index (κ3) is 5.05. The molecule has 0 aromatic heterocycles. The molecular weight excluding hydrogens is 179 g/mol. The molecule has 0 heterocycles. The molecule has 0 saturated carbocycles. The van der Waals surface area contributed by atoms with E-state index >= 15 is 0 Å². The maximum Gasteiger partial charge on any atom is 1.00 e. The number of rotatable bonds is 2. The number of hydrogen-bond donors (Lipinski definition) is 0. The van der Waals surface area contributed by atoms with E-state index in [1.807, 2.05) is 25.1 Å². The van der Waals surface area contributed by atoms with Crippen LogP contribution in [0.15, 0.2) is 24.3 Å². The number of carboxylic acids is 1. The Kier molecular flexibility index (Phi) is 8.26. The topological polar surface area (TPSA) is 71.6 Å². The standard InChI is InChI=1S/C9H10O2.Na.H2O/c1-7-4-2-3-5-8(7)6-9(10)11;;/h2-5H,6H2,1H3,(H,10,11);;1H2/q;+1;/p-1. The monoisotopic (exact) mass is 190 g/mol. The van der Waals surface area contributed by atoms with Gasteiger partial charge in [0.1, 0.15) is 0 Å². The van der Waals surface area contributed by atoms with Gasteiger partial charge in [-0.3, -0.25) is 0 Å². The summed E-state index contributed by atoms with van der Waals surface area (Å²) >= 11 is 0. The summed E-state index contributed by atoms with van der Waals surface area (Å²) in [5.74, 6) is -1.03. The first kappa shape index (κ1) is 15.1. The number of benzene rings is 1. The van der Waals surface area contributed by atoms with Crippen LogP contribution in [0.25, 0.3) is 0 Å². The fourth-order valence-electron chi connectivity index (χ4n) is 0.964. The fraction of sp³-hybridized carbons (Fsp3) is 0.222. The Balaban J connectivity index is 0. The minimum absolute atomic E-state index is 0. The first-order valence-electron chi connectivity index (χ1n) is 3.44. The summed E-state index contributed by atoms with van der Waals surface area (Å²) in [4.78, 5) is 10.2. The molecule has 0 spiro atoms. The molecule has 66 valence electrons. The molecule has 1 aromatic carbocycles. The molecule has 3 nitrogen and oxygen atoms in total. The number of aryl methyl sites for hydroxylation is 1. The van der Waals surface area contributed by atoms with E-state index in [-0.39, 0.29) is 41.5 Å². The second kappa shape index (κ2) is 7.09. The van der Waals surface area contributed by atoms with Crippen LogP contribution in [0.1, 0.15) is 11.1 Å². The molecule has 0 amide bonds. The predicted octanol–water partition coefficient (Wildman–Crippen LogP) is -3.53. The quantitative estimate of drug-likeness (QED) is 0.453. The summed E-state index contributed by atoms with van der Waals surface area (Å²) in [6.07, 6.45) is 0.00662. The maximum atomic E-state index is 10.2. The molecule has 1 aromatic rings. The van der Waals surface area contributed by atoms with Crippen molar-refractivity contribution in [1.82, 2.24) is 0 Å². The van der Waals surface area contributed by atoms with E-state index in [9.17, 15) is 9.90 Å². The molecule has 0 atom stereocenters. The minimum Gasteiger partial charge on any atom is -0.550 e. The number of aliphatic carboxylic acids is 1. The van der Waals surface area contributed by atoms with Crippen molar-refractivity contribution >= 4 is 5.97 Å². The fourth-order valence-corrected chi connectivity index (χ4v) is 0.964. The third-order valence-corrected chi connectivity index (χ3v) is 1.60. The predicted molar refractivity (Wildman–Crippen MR) is 43.5 cm³/mol. The second-order valence-corrected chi connectivity index (χ2v) is 2.48. The summed E-state index contributed by atoms with van der Waals surface area (Å²) in [6.45, 7) is 1.89. The molecule has 0 saturated heterocycles. The zero-order valence-electron chi connectivity index (χ0n) is 7.83. The third-order valence-electron chi connectivity index (χ3n) is 1.60. The van der Waals surface area contributed by atoms with Crippen LogP contribution in [0.2, 0.25) is 0 Å². The van der Waals surface area contributed by atoms with Gasteiger partial charge in [0.25, 0.3) is 0 Å². The van der Waals surface area contributed by atoms with E-state index in [2.05, 4.69) is 0 Å². The van der Waals surface area contributed by atoms with Gasteiger partial charge in [0.15, 0.2) is 0 Å². The first-order valence-corrected chi connectivity index (χ1v) is 3.44. The van der Waals surface area contributed by atoms with Crippen LogP contribution in [0, 0.1) is 6.92 Å². The van der Waals surface area contributed by atoms with E-state index < -0.39 is 5.97 Å². The van der Waals surface area contributed by atoms with Gasteiger partial charge in [0, 0.05) is 12.4 Å². The van der Waals surface area contributed by atoms with E-state index in [4.69, 9.17) is 0 Å². The zero-order chi connectivity index (χ0) is 8.27. The van der Waals surface area contributed by atoms with Crippen LogP contribution in [0.4, 0.5) is 0 Å². The molecule has 4 heteroatoms. The summed E-state index contributed by atoms with van der Waals surface area (Å²) in [6, 6.07) is 7.39. The zero-order valence-corrected chi connectivity index (χ0v) is 9.83. The van der Waals surface area contributed by atoms with Gasteiger partial charge in [-0.25, -0.2) is 0 Å². The van der Waals surface area contributed by atoms with Gasteiger partial charge in [-0.05, 0) is 18.1 Å². The Hall–Kier alpha value is -0.350. The van der Waals surface area contributed by atoms with Crippen molar-refractivity contribution in [2.75, 3.05) is 0 Å². The van der Waals surface area contributed by atoms with Gasteiger partial charge in [0.2, 0.25) is 0 Å². The van der Waals surface area contributed by atoms with Gasteiger partial charge >= 0.3 is 29.6 Å². The minimum atomic E-state index is -1.03. The van der Waals surface area contributed by atoms with E-state index in [1.54, 1.807) is 6.07 Å². The Morgan fingerprint density at radius 3 is 2.38 bits per heavy atom. The molecule has 0 aliphatic rings. The van der Waals surface area contributed by atoms with Crippen molar-refractivity contribution in [3.63, 3.8) is 0 Å². The average molecular weight is 190 g/mol. The Labute approximate surface area is 99.4 Å². The molecule has 0 bridgehead atoms. The van der Waals surface area contributed by atoms with Crippen LogP contribution < -0.4 is 34.7 Å². The van der Waals surface area contributed by atoms with Gasteiger partial charge in [0.05, 0.1) is 0 Å². The van der Waals surface area contributed by atoms with Crippen molar-refractivity contribution in [3.8, 4) is 0 Å². The molecule has 0 fully saturated rings. The Morgan fingerprint density at radius 1 is 1.38 bits per heavy atom. The number of hydrogen-bond acceptors (Lipinski definition) is 2. The summed E-state index contributed by atoms with van der Waals surface area (Å²) in [5, 5.41) is 10.2. The van der Waals surface area contributed by atoms with Crippen LogP contribution in [-0.2, 0) is 11.2 Å². The Bertz CT molecular complexity index is 273. The normalized spacial score (nSPS) is 8.08. The van der Waals surface area contributed by atoms with Gasteiger partial charge in [-0.2, -0.15) is 0 Å². The van der Waals surface area contributed by atoms with E-state index in [1.165, 1.54) is 0 Å². The molecule has 0 unspecified atom stereocenters. The van der Waals surface area contributed by atoms with Crippen LogP contribution in [0.5, 0.6) is 0 Å². The Morgan fingerprint density at radius 2 is 1.92 bits per heavy atom. The van der Waals surface area contributed by atoms with Gasteiger partial charge in [-0.1, -0.05) is 24.3 Å². The number of carboxylic acid groups (broad SMARTS) is 1. The largest absolute Gasteiger partial charge is 1.00 e.